The molecule has 0 radical (unpaired) electrons. The highest BCUT2D eigenvalue weighted by molar-refractivity contribution is 8.23. The standard InChI is InChI=1S/C12H13NO5S4/c1-9-2-4-10(5-3-9)17-22(16)18-21(15)7-6-13-11(14)8-20-12(13)19/h2-5H,6-8H2,1H3. The van der Waals surface area contributed by atoms with Gasteiger partial charge < -0.3 is 4.18 Å². The lowest BCUT2D eigenvalue weighted by Crippen LogP contribution is -2.32. The first kappa shape index (κ1) is 17.5. The van der Waals surface area contributed by atoms with E-state index >= 15 is 0 Å². The number of carbonyl (C=O) groups excluding carboxylic acids is 1. The van der Waals surface area contributed by atoms with E-state index in [9.17, 15) is 13.2 Å². The minimum absolute atomic E-state index is 0.00936. The van der Waals surface area contributed by atoms with E-state index in [2.05, 4.69) is 0 Å². The normalized spacial score (nSPS) is 17.6. The van der Waals surface area contributed by atoms with E-state index in [4.69, 9.17) is 20.0 Å². The highest BCUT2D eigenvalue weighted by Crippen LogP contribution is 2.19. The SMILES string of the molecule is Cc1ccc(OS(=O)OS(=O)CCN2C(=O)CSC2=S)cc1. The van der Waals surface area contributed by atoms with Crippen molar-refractivity contribution in [3.63, 3.8) is 0 Å². The molecule has 2 rings (SSSR count). The quantitative estimate of drug-likeness (QED) is 0.665. The van der Waals surface area contributed by atoms with Gasteiger partial charge in [-0.2, -0.15) is 7.84 Å². The maximum Gasteiger partial charge on any atom is 0.374 e. The molecule has 1 aliphatic heterocycles. The lowest BCUT2D eigenvalue weighted by molar-refractivity contribution is -0.123. The third kappa shape index (κ3) is 5.13. The van der Waals surface area contributed by atoms with E-state index in [1.165, 1.54) is 16.7 Å². The van der Waals surface area contributed by atoms with Gasteiger partial charge in [0.2, 0.25) is 5.91 Å². The monoisotopic (exact) mass is 379 g/mol. The van der Waals surface area contributed by atoms with Crippen molar-refractivity contribution in [1.82, 2.24) is 4.90 Å². The zero-order chi connectivity index (χ0) is 16.1. The van der Waals surface area contributed by atoms with E-state index in [1.54, 1.807) is 24.3 Å². The average molecular weight is 380 g/mol. The van der Waals surface area contributed by atoms with E-state index in [1.807, 2.05) is 6.92 Å². The second kappa shape index (κ2) is 8.16. The fraction of sp³-hybridized carbons (Fsp3) is 0.333. The van der Waals surface area contributed by atoms with Crippen LogP contribution in [-0.2, 0) is 30.9 Å². The van der Waals surface area contributed by atoms with Crippen molar-refractivity contribution in [3.05, 3.63) is 29.8 Å². The number of thiocarbonyl (C=S) groups is 1. The van der Waals surface area contributed by atoms with Gasteiger partial charge in [0.1, 0.15) is 10.1 Å². The maximum absolute atomic E-state index is 11.7. The molecule has 0 bridgehead atoms. The number of amides is 1. The lowest BCUT2D eigenvalue weighted by Gasteiger charge is -2.13. The number of thioether (sulfide) groups is 1. The summed E-state index contributed by atoms with van der Waals surface area (Å²) in [6.45, 7) is 2.08. The molecule has 1 heterocycles. The molecule has 10 heteroatoms. The number of nitrogens with zero attached hydrogens (tertiary/aromatic N) is 1. The molecule has 1 fully saturated rings. The molecule has 0 N–H and O–H groups in total. The van der Waals surface area contributed by atoms with Gasteiger partial charge in [-0.05, 0) is 19.1 Å². The summed E-state index contributed by atoms with van der Waals surface area (Å²) in [6, 6.07) is 6.86. The third-order valence-electron chi connectivity index (χ3n) is 2.64. The Labute approximate surface area is 143 Å². The van der Waals surface area contributed by atoms with Crippen LogP contribution >= 0.6 is 24.0 Å². The molecule has 0 aliphatic carbocycles. The summed E-state index contributed by atoms with van der Waals surface area (Å²) in [4.78, 5) is 12.8. The Morgan fingerprint density at radius 1 is 1.32 bits per heavy atom. The molecule has 1 aromatic rings. The van der Waals surface area contributed by atoms with Crippen molar-refractivity contribution in [2.75, 3.05) is 18.1 Å². The minimum Gasteiger partial charge on any atom is -0.379 e. The average Bonchev–Trinajstić information content (AvgIpc) is 2.78. The number of carbonyl (C=O) groups is 1. The number of rotatable bonds is 7. The van der Waals surface area contributed by atoms with E-state index in [0.29, 0.717) is 15.8 Å². The first-order valence-electron chi connectivity index (χ1n) is 6.17. The second-order valence-electron chi connectivity index (χ2n) is 4.28. The van der Waals surface area contributed by atoms with E-state index in [-0.39, 0.29) is 18.2 Å². The number of benzene rings is 1. The molecule has 0 saturated carbocycles. The van der Waals surface area contributed by atoms with Gasteiger partial charge in [-0.15, -0.1) is 0 Å². The number of hydrogen-bond acceptors (Lipinski definition) is 7. The Bertz CT molecular complexity index is 602. The summed E-state index contributed by atoms with van der Waals surface area (Å²) in [7, 11) is 0. The summed E-state index contributed by atoms with van der Waals surface area (Å²) in [5.41, 5.74) is 1.03. The van der Waals surface area contributed by atoms with Crippen LogP contribution in [0.3, 0.4) is 0 Å². The van der Waals surface area contributed by atoms with Crippen LogP contribution in [0.5, 0.6) is 5.75 Å². The number of aryl methyl sites for hydroxylation is 1. The van der Waals surface area contributed by atoms with Gasteiger partial charge in [-0.1, -0.05) is 41.7 Å². The molecule has 1 saturated heterocycles. The van der Waals surface area contributed by atoms with E-state index in [0.717, 1.165) is 5.56 Å². The third-order valence-corrected chi connectivity index (χ3v) is 5.97. The number of hydrogen-bond donors (Lipinski definition) is 0. The first-order valence-corrected chi connectivity index (χ1v) is 9.80. The predicted molar refractivity (Wildman–Crippen MR) is 90.8 cm³/mol. The molecule has 22 heavy (non-hydrogen) atoms. The van der Waals surface area contributed by atoms with Crippen molar-refractivity contribution in [2.24, 2.45) is 0 Å². The van der Waals surface area contributed by atoms with Gasteiger partial charge in [0.25, 0.3) is 0 Å². The molecular weight excluding hydrogens is 366 g/mol. The summed E-state index contributed by atoms with van der Waals surface area (Å²) in [6.07, 6.45) is 0. The van der Waals surface area contributed by atoms with Crippen LogP contribution in [0.2, 0.25) is 0 Å². The van der Waals surface area contributed by atoms with Crippen LogP contribution in [0.15, 0.2) is 24.3 Å². The van der Waals surface area contributed by atoms with Gasteiger partial charge >= 0.3 is 11.4 Å². The smallest absolute Gasteiger partial charge is 0.374 e. The largest absolute Gasteiger partial charge is 0.379 e. The second-order valence-corrected chi connectivity index (χ2v) is 8.02. The Kier molecular flexibility index (Phi) is 6.50. The summed E-state index contributed by atoms with van der Waals surface area (Å²) in [5, 5.41) is 0. The Morgan fingerprint density at radius 2 is 2.00 bits per heavy atom. The first-order chi connectivity index (χ1) is 10.5. The fourth-order valence-corrected chi connectivity index (χ4v) is 4.15. The predicted octanol–water partition coefficient (Wildman–Crippen LogP) is 1.49. The molecule has 0 spiro atoms. The Hall–Kier alpha value is -0.810. The van der Waals surface area contributed by atoms with Crippen LogP contribution < -0.4 is 4.18 Å². The lowest BCUT2D eigenvalue weighted by atomic mass is 10.2. The van der Waals surface area contributed by atoms with Crippen molar-refractivity contribution >= 4 is 56.6 Å². The van der Waals surface area contributed by atoms with Crippen LogP contribution in [0, 0.1) is 6.92 Å². The Balaban J connectivity index is 1.76. The maximum atomic E-state index is 11.7. The van der Waals surface area contributed by atoms with E-state index < -0.39 is 22.4 Å². The molecular formula is C12H13NO5S4. The molecule has 0 aromatic heterocycles. The zero-order valence-corrected chi connectivity index (χ0v) is 14.8. The van der Waals surface area contributed by atoms with Crippen molar-refractivity contribution in [1.29, 1.82) is 0 Å². The molecule has 120 valence electrons. The van der Waals surface area contributed by atoms with Crippen molar-refractivity contribution < 1.29 is 21.0 Å². The molecule has 1 aromatic carbocycles. The topological polar surface area (TPSA) is 72.9 Å². The van der Waals surface area contributed by atoms with Gasteiger partial charge in [-0.3, -0.25) is 9.69 Å². The highest BCUT2D eigenvalue weighted by atomic mass is 32.3. The van der Waals surface area contributed by atoms with Gasteiger partial charge in [0, 0.05) is 6.54 Å². The van der Waals surface area contributed by atoms with Gasteiger partial charge in [0.15, 0.2) is 11.1 Å². The zero-order valence-electron chi connectivity index (χ0n) is 11.6. The van der Waals surface area contributed by atoms with Gasteiger partial charge in [0.05, 0.1) is 11.5 Å². The minimum atomic E-state index is -2.17. The fourth-order valence-electron chi connectivity index (χ4n) is 1.55. The molecule has 1 aliphatic rings. The van der Waals surface area contributed by atoms with Crippen molar-refractivity contribution in [3.8, 4) is 5.75 Å². The molecule has 2 atom stereocenters. The van der Waals surface area contributed by atoms with Crippen LogP contribution in [0.25, 0.3) is 0 Å². The molecule has 1 amide bonds. The molecule has 6 nitrogen and oxygen atoms in total. The summed E-state index contributed by atoms with van der Waals surface area (Å²) in [5.74, 6) is 0.543. The van der Waals surface area contributed by atoms with Crippen LogP contribution in [-0.4, -0.2) is 41.6 Å². The summed E-state index contributed by atoms with van der Waals surface area (Å²) >= 11 is 2.25. The Morgan fingerprint density at radius 3 is 2.59 bits per heavy atom. The highest BCUT2D eigenvalue weighted by Gasteiger charge is 2.27. The molecule has 2 unspecified atom stereocenters. The van der Waals surface area contributed by atoms with Gasteiger partial charge in [-0.25, -0.2) is 4.21 Å². The van der Waals surface area contributed by atoms with Crippen molar-refractivity contribution in [2.45, 2.75) is 6.92 Å². The van der Waals surface area contributed by atoms with Crippen LogP contribution in [0.4, 0.5) is 0 Å². The summed E-state index contributed by atoms with van der Waals surface area (Å²) < 4.78 is 33.5. The van der Waals surface area contributed by atoms with Crippen LogP contribution in [0.1, 0.15) is 5.56 Å².